The molecule has 0 spiro atoms. The number of halogens is 2. The van der Waals surface area contributed by atoms with Crippen molar-refractivity contribution >= 4 is 6.03 Å². The summed E-state index contributed by atoms with van der Waals surface area (Å²) < 4.78 is 27.5. The number of alkyl halides is 2. The Morgan fingerprint density at radius 3 is 3.00 bits per heavy atom. The lowest BCUT2D eigenvalue weighted by Gasteiger charge is -2.25. The highest BCUT2D eigenvalue weighted by atomic mass is 19.3. The third kappa shape index (κ3) is 2.41. The Kier molecular flexibility index (Phi) is 2.91. The first-order valence-electron chi connectivity index (χ1n) is 6.46. The van der Waals surface area contributed by atoms with Crippen molar-refractivity contribution in [2.75, 3.05) is 0 Å². The van der Waals surface area contributed by atoms with Crippen LogP contribution in [0.5, 0.6) is 0 Å². The molecule has 5 nitrogen and oxygen atoms in total. The summed E-state index contributed by atoms with van der Waals surface area (Å²) in [6.45, 7) is 0.792. The van der Waals surface area contributed by atoms with E-state index in [1.807, 2.05) is 10.8 Å². The number of hydrogen-bond donors (Lipinski definition) is 2. The van der Waals surface area contributed by atoms with Gasteiger partial charge in [0.1, 0.15) is 11.4 Å². The number of aryl methyl sites for hydroxylation is 1. The van der Waals surface area contributed by atoms with E-state index in [0.717, 1.165) is 18.8 Å². The molecule has 1 aliphatic heterocycles. The molecule has 1 atom stereocenters. The summed E-state index contributed by atoms with van der Waals surface area (Å²) in [7, 11) is 0. The lowest BCUT2D eigenvalue weighted by Crippen LogP contribution is -2.51. The lowest BCUT2D eigenvalue weighted by molar-refractivity contribution is 0.0890. The number of carbonyl (C=O) groups excluding carboxylic acids is 1. The first-order chi connectivity index (χ1) is 9.09. The molecule has 104 valence electrons. The average Bonchev–Trinajstić information content (AvgIpc) is 2.99. The molecule has 0 aromatic carbocycles. The summed E-state index contributed by atoms with van der Waals surface area (Å²) in [4.78, 5) is 15.9. The number of hydrogen-bond acceptors (Lipinski definition) is 2. The van der Waals surface area contributed by atoms with E-state index >= 15 is 0 Å². The van der Waals surface area contributed by atoms with E-state index in [0.29, 0.717) is 19.3 Å². The van der Waals surface area contributed by atoms with Gasteiger partial charge in [0, 0.05) is 31.4 Å². The van der Waals surface area contributed by atoms with Gasteiger partial charge < -0.3 is 15.2 Å². The number of nitrogens with one attached hydrogen (secondary N) is 2. The highest BCUT2D eigenvalue weighted by molar-refractivity contribution is 5.75. The summed E-state index contributed by atoms with van der Waals surface area (Å²) in [5, 5.41) is 5.17. The van der Waals surface area contributed by atoms with Gasteiger partial charge in [-0.25, -0.2) is 18.6 Å². The second-order valence-electron chi connectivity index (χ2n) is 5.28. The van der Waals surface area contributed by atoms with E-state index in [4.69, 9.17) is 0 Å². The van der Waals surface area contributed by atoms with Crippen molar-refractivity contribution in [2.24, 2.45) is 0 Å². The van der Waals surface area contributed by atoms with Gasteiger partial charge in [-0.2, -0.15) is 0 Å². The minimum atomic E-state index is -2.50. The number of aromatic nitrogens is 2. The van der Waals surface area contributed by atoms with Gasteiger partial charge in [-0.05, 0) is 19.3 Å². The van der Waals surface area contributed by atoms with E-state index in [-0.39, 0.29) is 6.04 Å². The van der Waals surface area contributed by atoms with Crippen molar-refractivity contribution < 1.29 is 13.6 Å². The fourth-order valence-corrected chi connectivity index (χ4v) is 2.45. The maximum absolute atomic E-state index is 12.7. The van der Waals surface area contributed by atoms with Crippen molar-refractivity contribution in [1.82, 2.24) is 20.2 Å². The highest BCUT2D eigenvalue weighted by Gasteiger charge is 2.52. The fourth-order valence-electron chi connectivity index (χ4n) is 2.45. The van der Waals surface area contributed by atoms with Gasteiger partial charge >= 0.3 is 6.03 Å². The summed E-state index contributed by atoms with van der Waals surface area (Å²) in [5.74, 6) is 0.923. The molecule has 19 heavy (non-hydrogen) atoms. The number of amides is 2. The largest absolute Gasteiger partial charge is 0.335 e. The van der Waals surface area contributed by atoms with E-state index in [1.165, 1.54) is 0 Å². The molecule has 1 unspecified atom stereocenters. The minimum absolute atomic E-state index is 0.0385. The number of carbonyl (C=O) groups is 1. The third-order valence-corrected chi connectivity index (χ3v) is 3.85. The SMILES string of the molecule is O=C(NC1CCn2ccnc2C1)NC1(C(F)F)CC1. The molecule has 3 rings (SSSR count). The normalized spacial score (nSPS) is 23.8. The Morgan fingerprint density at radius 2 is 2.32 bits per heavy atom. The number of nitrogens with zero attached hydrogens (tertiary/aromatic N) is 2. The topological polar surface area (TPSA) is 59.0 Å². The summed E-state index contributed by atoms with van der Waals surface area (Å²) in [5.41, 5.74) is -1.28. The summed E-state index contributed by atoms with van der Waals surface area (Å²) in [6, 6.07) is -0.536. The smallest absolute Gasteiger partial charge is 0.315 e. The van der Waals surface area contributed by atoms with E-state index in [9.17, 15) is 13.6 Å². The van der Waals surface area contributed by atoms with E-state index in [1.54, 1.807) is 6.20 Å². The van der Waals surface area contributed by atoms with Gasteiger partial charge in [0.05, 0.1) is 0 Å². The van der Waals surface area contributed by atoms with Crippen LogP contribution in [-0.4, -0.2) is 33.6 Å². The van der Waals surface area contributed by atoms with Crippen molar-refractivity contribution in [1.29, 1.82) is 0 Å². The first-order valence-corrected chi connectivity index (χ1v) is 6.46. The number of urea groups is 1. The number of rotatable bonds is 3. The van der Waals surface area contributed by atoms with Gasteiger partial charge in [0.25, 0.3) is 6.43 Å². The van der Waals surface area contributed by atoms with Crippen LogP contribution in [0.15, 0.2) is 12.4 Å². The molecule has 0 radical (unpaired) electrons. The maximum Gasteiger partial charge on any atom is 0.315 e. The van der Waals surface area contributed by atoms with Crippen LogP contribution in [0.3, 0.4) is 0 Å². The van der Waals surface area contributed by atoms with Crippen LogP contribution in [-0.2, 0) is 13.0 Å². The zero-order chi connectivity index (χ0) is 13.5. The molecule has 2 amide bonds. The van der Waals surface area contributed by atoms with Crippen LogP contribution in [0.1, 0.15) is 25.1 Å². The van der Waals surface area contributed by atoms with Crippen molar-refractivity contribution in [3.05, 3.63) is 18.2 Å². The Morgan fingerprint density at radius 1 is 1.53 bits per heavy atom. The van der Waals surface area contributed by atoms with Crippen LogP contribution < -0.4 is 10.6 Å². The highest BCUT2D eigenvalue weighted by Crippen LogP contribution is 2.40. The van der Waals surface area contributed by atoms with Crippen LogP contribution >= 0.6 is 0 Å². The first kappa shape index (κ1) is 12.4. The predicted molar refractivity (Wildman–Crippen MR) is 64.0 cm³/mol. The van der Waals surface area contributed by atoms with Crippen LogP contribution in [0.2, 0.25) is 0 Å². The molecule has 0 bridgehead atoms. The second-order valence-corrected chi connectivity index (χ2v) is 5.28. The molecule has 1 aromatic heterocycles. The lowest BCUT2D eigenvalue weighted by atomic mass is 10.1. The Bertz CT molecular complexity index is 484. The molecule has 2 aliphatic rings. The average molecular weight is 270 g/mol. The van der Waals surface area contributed by atoms with E-state index < -0.39 is 18.0 Å². The molecule has 2 N–H and O–H groups in total. The van der Waals surface area contributed by atoms with Gasteiger partial charge in [0.2, 0.25) is 0 Å². The monoisotopic (exact) mass is 270 g/mol. The second kappa shape index (κ2) is 4.47. The quantitative estimate of drug-likeness (QED) is 0.869. The Balaban J connectivity index is 1.54. The summed E-state index contributed by atoms with van der Waals surface area (Å²) in [6.07, 6.45) is 3.28. The van der Waals surface area contributed by atoms with Gasteiger partial charge in [-0.3, -0.25) is 0 Å². The van der Waals surface area contributed by atoms with Crippen molar-refractivity contribution in [3.8, 4) is 0 Å². The molecule has 1 aromatic rings. The molecular formula is C12H16F2N4O. The molecule has 7 heteroatoms. The van der Waals surface area contributed by atoms with Crippen molar-refractivity contribution in [2.45, 2.75) is 50.2 Å². The fraction of sp³-hybridized carbons (Fsp3) is 0.667. The van der Waals surface area contributed by atoms with E-state index in [2.05, 4.69) is 15.6 Å². The molecular weight excluding hydrogens is 254 g/mol. The van der Waals surface area contributed by atoms with Gasteiger partial charge in [-0.15, -0.1) is 0 Å². The molecule has 2 heterocycles. The predicted octanol–water partition coefficient (Wildman–Crippen LogP) is 1.29. The Labute approximate surface area is 109 Å². The number of imidazole rings is 1. The van der Waals surface area contributed by atoms with Crippen LogP contribution in [0.4, 0.5) is 13.6 Å². The van der Waals surface area contributed by atoms with Gasteiger partial charge in [0.15, 0.2) is 0 Å². The maximum atomic E-state index is 12.7. The van der Waals surface area contributed by atoms with Gasteiger partial charge in [-0.1, -0.05) is 0 Å². The van der Waals surface area contributed by atoms with Crippen molar-refractivity contribution in [3.63, 3.8) is 0 Å². The molecule has 0 saturated heterocycles. The minimum Gasteiger partial charge on any atom is -0.335 e. The molecule has 1 fully saturated rings. The summed E-state index contributed by atoms with van der Waals surface area (Å²) >= 11 is 0. The molecule has 1 aliphatic carbocycles. The molecule has 1 saturated carbocycles. The zero-order valence-corrected chi connectivity index (χ0v) is 10.4. The standard InChI is InChI=1S/C12H16F2N4O/c13-10(14)12(2-3-12)17-11(19)16-8-1-5-18-6-4-15-9(18)7-8/h4,6,8,10H,1-3,5,7H2,(H2,16,17,19). The zero-order valence-electron chi connectivity index (χ0n) is 10.4. The number of fused-ring (bicyclic) bond motifs is 1. The Hall–Kier alpha value is -1.66. The third-order valence-electron chi connectivity index (χ3n) is 3.85. The van der Waals surface area contributed by atoms with Crippen LogP contribution in [0.25, 0.3) is 0 Å². The van der Waals surface area contributed by atoms with Crippen LogP contribution in [0, 0.1) is 0 Å².